The summed E-state index contributed by atoms with van der Waals surface area (Å²) in [6.07, 6.45) is 4.86. The molecule has 0 radical (unpaired) electrons. The first kappa shape index (κ1) is 30.9. The maximum absolute atomic E-state index is 3.04. The second-order valence-corrected chi connectivity index (χ2v) is 17.5. The highest BCUT2D eigenvalue weighted by Gasteiger charge is 2.53. The number of unbranched alkanes of at least 4 members (excludes halogenated alkanes) is 1. The first-order valence-corrected chi connectivity index (χ1v) is 20.0. The Balaban J connectivity index is 1.37. The predicted molar refractivity (Wildman–Crippen MR) is 204 cm³/mol. The SMILES string of the molecule is CCCCN(P(c1ccccc1)c1ccccc1)P1[C@H](c2ccc3ccccc3c2)N2CCCCN2[C@H]1c1ccc2ccccc2c1. The van der Waals surface area contributed by atoms with Gasteiger partial charge in [0.25, 0.3) is 0 Å². The average molecular weight is 652 g/mol. The summed E-state index contributed by atoms with van der Waals surface area (Å²) in [6, 6.07) is 55.2. The molecular weight excluding hydrogens is 608 g/mol. The van der Waals surface area contributed by atoms with Gasteiger partial charge in [0, 0.05) is 35.8 Å². The Kier molecular flexibility index (Phi) is 9.18. The summed E-state index contributed by atoms with van der Waals surface area (Å²) < 4.78 is 3.04. The van der Waals surface area contributed by atoms with Crippen molar-refractivity contribution in [2.45, 2.75) is 44.2 Å². The molecule has 8 rings (SSSR count). The van der Waals surface area contributed by atoms with Gasteiger partial charge in [-0.2, -0.15) is 0 Å². The highest BCUT2D eigenvalue weighted by Crippen LogP contribution is 2.76. The zero-order valence-electron chi connectivity index (χ0n) is 27.2. The van der Waals surface area contributed by atoms with Gasteiger partial charge < -0.3 is 0 Å². The molecule has 2 aliphatic rings. The Labute approximate surface area is 282 Å². The molecule has 0 bridgehead atoms. The van der Waals surface area contributed by atoms with Gasteiger partial charge in [0.1, 0.15) is 0 Å². The van der Waals surface area contributed by atoms with Crippen molar-refractivity contribution in [3.8, 4) is 0 Å². The third-order valence-electron chi connectivity index (χ3n) is 9.77. The van der Waals surface area contributed by atoms with Gasteiger partial charge >= 0.3 is 0 Å². The summed E-state index contributed by atoms with van der Waals surface area (Å²) >= 11 is 0. The van der Waals surface area contributed by atoms with Crippen molar-refractivity contribution in [3.05, 3.63) is 157 Å². The van der Waals surface area contributed by atoms with Gasteiger partial charge in [-0.25, -0.2) is 14.5 Å². The topological polar surface area (TPSA) is 9.72 Å². The van der Waals surface area contributed by atoms with Crippen molar-refractivity contribution in [1.82, 2.24) is 14.5 Å². The highest BCUT2D eigenvalue weighted by molar-refractivity contribution is 7.79. The molecule has 0 N–H and O–H groups in total. The van der Waals surface area contributed by atoms with Gasteiger partial charge in [-0.15, -0.1) is 0 Å². The first-order chi connectivity index (χ1) is 23.3. The first-order valence-electron chi connectivity index (χ1n) is 17.3. The Morgan fingerprint density at radius 1 is 0.574 bits per heavy atom. The lowest BCUT2D eigenvalue weighted by Crippen LogP contribution is -2.43. The van der Waals surface area contributed by atoms with E-state index in [4.69, 9.17) is 0 Å². The van der Waals surface area contributed by atoms with Crippen molar-refractivity contribution in [3.63, 3.8) is 0 Å². The third kappa shape index (κ3) is 6.06. The average Bonchev–Trinajstić information content (AvgIpc) is 3.48. The molecule has 6 aromatic carbocycles. The molecule has 0 saturated carbocycles. The van der Waals surface area contributed by atoms with Gasteiger partial charge in [-0.05, 0) is 74.7 Å². The zero-order valence-corrected chi connectivity index (χ0v) is 29.0. The monoisotopic (exact) mass is 651 g/mol. The van der Waals surface area contributed by atoms with E-state index in [1.165, 1.54) is 69.0 Å². The van der Waals surface area contributed by atoms with Crippen molar-refractivity contribution in [2.75, 3.05) is 19.6 Å². The smallest absolute Gasteiger partial charge is 0.0848 e. The van der Waals surface area contributed by atoms with Crippen LogP contribution in [0, 0.1) is 0 Å². The third-order valence-corrected chi connectivity index (χ3v) is 16.0. The summed E-state index contributed by atoms with van der Waals surface area (Å²) in [6.45, 7) is 5.66. The molecule has 0 unspecified atom stereocenters. The molecule has 5 heteroatoms. The summed E-state index contributed by atoms with van der Waals surface area (Å²) in [5, 5.41) is 13.8. The van der Waals surface area contributed by atoms with Crippen LogP contribution in [0.15, 0.2) is 146 Å². The molecule has 0 aromatic heterocycles. The van der Waals surface area contributed by atoms with E-state index >= 15 is 0 Å². The van der Waals surface area contributed by atoms with Crippen LogP contribution < -0.4 is 10.6 Å². The van der Waals surface area contributed by atoms with E-state index < -0.39 is 16.1 Å². The summed E-state index contributed by atoms with van der Waals surface area (Å²) in [5.74, 6) is 0.612. The summed E-state index contributed by atoms with van der Waals surface area (Å²) in [4.78, 5) is 0. The number of benzene rings is 6. The van der Waals surface area contributed by atoms with Crippen molar-refractivity contribution in [2.24, 2.45) is 0 Å². The Bertz CT molecular complexity index is 1810. The van der Waals surface area contributed by atoms with Crippen LogP contribution >= 0.6 is 16.1 Å². The van der Waals surface area contributed by atoms with Gasteiger partial charge in [0.05, 0.1) is 11.6 Å². The van der Waals surface area contributed by atoms with E-state index in [0.717, 1.165) is 19.6 Å². The lowest BCUT2D eigenvalue weighted by atomic mass is 10.1. The number of fused-ring (bicyclic) bond motifs is 3. The fraction of sp³-hybridized carbons (Fsp3) is 0.238. The molecule has 0 amide bonds. The minimum absolute atomic E-state index is 0.306. The second kappa shape index (κ2) is 14.0. The van der Waals surface area contributed by atoms with Crippen LogP contribution in [0.3, 0.4) is 0 Å². The molecule has 3 nitrogen and oxygen atoms in total. The zero-order chi connectivity index (χ0) is 31.6. The quantitative estimate of drug-likeness (QED) is 0.144. The molecular formula is C42H43N3P2. The van der Waals surface area contributed by atoms with E-state index in [9.17, 15) is 0 Å². The van der Waals surface area contributed by atoms with E-state index in [1.807, 2.05) is 0 Å². The summed E-state index contributed by atoms with van der Waals surface area (Å²) in [5.41, 5.74) is 2.92. The van der Waals surface area contributed by atoms with Crippen LogP contribution in [0.25, 0.3) is 21.5 Å². The molecule has 0 aliphatic carbocycles. The van der Waals surface area contributed by atoms with Gasteiger partial charge in [0.15, 0.2) is 0 Å². The number of hydrogen-bond acceptors (Lipinski definition) is 3. The molecule has 2 fully saturated rings. The minimum atomic E-state index is -0.759. The molecule has 6 aromatic rings. The lowest BCUT2D eigenvalue weighted by molar-refractivity contribution is -0.0530. The molecule has 2 saturated heterocycles. The second-order valence-electron chi connectivity index (χ2n) is 12.8. The fourth-order valence-electron chi connectivity index (χ4n) is 7.55. The maximum Gasteiger partial charge on any atom is 0.0848 e. The Hall–Kier alpha value is -3.42. The largest absolute Gasteiger partial charge is 0.249 e. The summed E-state index contributed by atoms with van der Waals surface area (Å²) in [7, 11) is -1.49. The molecule has 47 heavy (non-hydrogen) atoms. The molecule has 236 valence electrons. The minimum Gasteiger partial charge on any atom is -0.249 e. The van der Waals surface area contributed by atoms with E-state index in [1.54, 1.807) is 0 Å². The van der Waals surface area contributed by atoms with E-state index in [2.05, 4.69) is 167 Å². The van der Waals surface area contributed by atoms with Crippen molar-refractivity contribution >= 4 is 48.3 Å². The molecule has 0 spiro atoms. The maximum atomic E-state index is 3.04. The van der Waals surface area contributed by atoms with Crippen LogP contribution in [0.1, 0.15) is 55.3 Å². The number of hydrogen-bond donors (Lipinski definition) is 0. The lowest BCUT2D eigenvalue weighted by Gasteiger charge is -2.42. The molecule has 2 atom stereocenters. The van der Waals surface area contributed by atoms with E-state index in [0.29, 0.717) is 11.6 Å². The van der Waals surface area contributed by atoms with Crippen molar-refractivity contribution in [1.29, 1.82) is 0 Å². The number of rotatable bonds is 9. The predicted octanol–water partition coefficient (Wildman–Crippen LogP) is 10.6. The van der Waals surface area contributed by atoms with Crippen LogP contribution in [0.4, 0.5) is 0 Å². The van der Waals surface area contributed by atoms with Crippen LogP contribution in [-0.4, -0.2) is 34.1 Å². The highest BCUT2D eigenvalue weighted by atomic mass is 31.2. The van der Waals surface area contributed by atoms with E-state index in [-0.39, 0.29) is 0 Å². The van der Waals surface area contributed by atoms with Crippen LogP contribution in [0.2, 0.25) is 0 Å². The van der Waals surface area contributed by atoms with Crippen LogP contribution in [-0.2, 0) is 0 Å². The Morgan fingerprint density at radius 3 is 1.49 bits per heavy atom. The number of nitrogens with zero attached hydrogens (tertiary/aromatic N) is 3. The molecule has 2 aliphatic heterocycles. The molecule has 2 heterocycles. The Morgan fingerprint density at radius 2 is 1.02 bits per heavy atom. The van der Waals surface area contributed by atoms with Crippen molar-refractivity contribution < 1.29 is 0 Å². The van der Waals surface area contributed by atoms with Crippen LogP contribution in [0.5, 0.6) is 0 Å². The normalized spacial score (nSPS) is 19.2. The van der Waals surface area contributed by atoms with Gasteiger partial charge in [0.2, 0.25) is 0 Å². The van der Waals surface area contributed by atoms with Gasteiger partial charge in [-0.1, -0.05) is 147 Å². The van der Waals surface area contributed by atoms with Gasteiger partial charge in [-0.3, -0.25) is 0 Å². The standard InChI is InChI=1S/C42H43N3P2/c1-2-3-30-45(46(39-20-6-4-7-21-39)40-22-8-5-9-23-40)47-41(37-26-24-33-16-10-12-18-35(33)31-37)43-28-14-15-29-44(43)42(47)38-27-25-34-17-11-13-19-36(34)32-38/h4-13,16-27,31-32,41-42H,2-3,14-15,28-30H2,1H3/t41-,42-/m1/s1. The number of hydrazine groups is 1. The fourth-order valence-corrected chi connectivity index (χ4v) is 14.8.